The average molecular weight is 268 g/mol. The first-order valence-electron chi connectivity index (χ1n) is 7.54. The average Bonchev–Trinajstić information content (AvgIpc) is 2.70. The van der Waals surface area contributed by atoms with E-state index in [1.807, 2.05) is 0 Å². The Labute approximate surface area is 120 Å². The Morgan fingerprint density at radius 2 is 2.00 bits per heavy atom. The van der Waals surface area contributed by atoms with Gasteiger partial charge in [-0.15, -0.1) is 0 Å². The molecular formula is C18H24Si. The molecule has 1 saturated carbocycles. The minimum atomic E-state index is 0.331. The third-order valence-corrected chi connectivity index (χ3v) is 8.29. The molecule has 2 aliphatic carbocycles. The molecule has 1 heteroatoms. The second kappa shape index (κ2) is 4.48. The lowest BCUT2D eigenvalue weighted by atomic mass is 9.71. The van der Waals surface area contributed by atoms with Crippen LogP contribution in [0.25, 0.3) is 0 Å². The minimum Gasteiger partial charge on any atom is -0.0839 e. The quantitative estimate of drug-likeness (QED) is 0.716. The van der Waals surface area contributed by atoms with E-state index in [1.54, 1.807) is 11.1 Å². The van der Waals surface area contributed by atoms with E-state index in [4.69, 9.17) is 0 Å². The minimum absolute atomic E-state index is 0.331. The normalized spacial score (nSPS) is 37.2. The number of hydrogen-bond acceptors (Lipinski definition) is 0. The number of allylic oxidation sites excluding steroid dienone is 4. The fourth-order valence-electron chi connectivity index (χ4n) is 4.38. The topological polar surface area (TPSA) is 0 Å². The van der Waals surface area contributed by atoms with Crippen molar-refractivity contribution >= 4 is 10.2 Å². The van der Waals surface area contributed by atoms with Gasteiger partial charge in [-0.25, -0.2) is 0 Å². The fraction of sp³-hybridized carbons (Fsp3) is 0.444. The molecule has 2 aliphatic rings. The molecule has 0 N–H and O–H groups in total. The zero-order valence-electron chi connectivity index (χ0n) is 12.3. The number of hydrogen-bond donors (Lipinski definition) is 0. The van der Waals surface area contributed by atoms with Gasteiger partial charge in [-0.2, -0.15) is 0 Å². The Kier molecular flexibility index (Phi) is 3.05. The van der Waals surface area contributed by atoms with Gasteiger partial charge in [0.15, 0.2) is 0 Å². The van der Waals surface area contributed by atoms with Gasteiger partial charge in [0.05, 0.1) is 0 Å². The second-order valence-electron chi connectivity index (χ2n) is 6.57. The maximum Gasteiger partial charge on any atom is 0.0169 e. The van der Waals surface area contributed by atoms with Crippen LogP contribution < -0.4 is 0 Å². The molecule has 0 aliphatic heterocycles. The molecule has 3 atom stereocenters. The third kappa shape index (κ3) is 1.71. The van der Waals surface area contributed by atoms with Crippen molar-refractivity contribution in [1.82, 2.24) is 0 Å². The Balaban J connectivity index is 2.13. The van der Waals surface area contributed by atoms with E-state index in [2.05, 4.69) is 62.4 Å². The van der Waals surface area contributed by atoms with Crippen molar-refractivity contribution in [3.8, 4) is 0 Å². The van der Waals surface area contributed by atoms with Crippen molar-refractivity contribution in [2.45, 2.75) is 43.6 Å². The molecule has 0 bridgehead atoms. The van der Waals surface area contributed by atoms with Crippen LogP contribution in [-0.4, -0.2) is 10.2 Å². The van der Waals surface area contributed by atoms with E-state index >= 15 is 0 Å². The van der Waals surface area contributed by atoms with Crippen LogP contribution in [0.1, 0.15) is 38.7 Å². The molecule has 3 unspecified atom stereocenters. The molecule has 0 aromatic heterocycles. The molecule has 3 rings (SSSR count). The van der Waals surface area contributed by atoms with E-state index in [0.29, 0.717) is 10.5 Å². The first-order valence-corrected chi connectivity index (χ1v) is 8.54. The van der Waals surface area contributed by atoms with Crippen LogP contribution in [0.4, 0.5) is 0 Å². The van der Waals surface area contributed by atoms with Crippen LogP contribution in [0, 0.1) is 5.92 Å². The van der Waals surface area contributed by atoms with Crippen LogP contribution >= 0.6 is 0 Å². The van der Waals surface area contributed by atoms with Gasteiger partial charge in [0.2, 0.25) is 0 Å². The second-order valence-corrected chi connectivity index (χ2v) is 8.28. The zero-order chi connectivity index (χ0) is 13.5. The fourth-order valence-corrected chi connectivity index (χ4v) is 5.45. The maximum absolute atomic E-state index is 2.51. The summed E-state index contributed by atoms with van der Waals surface area (Å²) in [7, 11) is 1.24. The number of rotatable bonds is 2. The van der Waals surface area contributed by atoms with E-state index < -0.39 is 0 Å². The first-order chi connectivity index (χ1) is 9.12. The Morgan fingerprint density at radius 3 is 2.68 bits per heavy atom. The molecule has 100 valence electrons. The molecule has 1 fully saturated rings. The van der Waals surface area contributed by atoms with Crippen molar-refractivity contribution in [3.05, 3.63) is 59.7 Å². The van der Waals surface area contributed by atoms with Gasteiger partial charge in [0, 0.05) is 10.2 Å². The standard InChI is InChI=1S/C18H24Si/c1-3-18(19)16-12-8-7-9-14(16)13-17(18,2)15-10-5-4-6-11-15/h4-8,10-12,14H,3,9,13H2,1-2,19H3. The smallest absolute Gasteiger partial charge is 0.0169 e. The van der Waals surface area contributed by atoms with Gasteiger partial charge < -0.3 is 0 Å². The predicted octanol–water partition coefficient (Wildman–Crippen LogP) is 3.78. The van der Waals surface area contributed by atoms with E-state index in [-0.39, 0.29) is 0 Å². The molecule has 0 spiro atoms. The molecular weight excluding hydrogens is 244 g/mol. The SMILES string of the molecule is CCC1([SiH3])C2=CC=CCC2CC1(C)c1ccccc1. The Hall–Kier alpha value is -1.08. The maximum atomic E-state index is 2.51. The lowest BCUT2D eigenvalue weighted by Crippen LogP contribution is -2.34. The molecule has 0 heterocycles. The summed E-state index contributed by atoms with van der Waals surface area (Å²) in [4.78, 5) is 0. The van der Waals surface area contributed by atoms with Gasteiger partial charge >= 0.3 is 0 Å². The largest absolute Gasteiger partial charge is 0.0839 e. The Morgan fingerprint density at radius 1 is 1.26 bits per heavy atom. The van der Waals surface area contributed by atoms with Gasteiger partial charge in [-0.05, 0) is 41.2 Å². The highest BCUT2D eigenvalue weighted by molar-refractivity contribution is 6.19. The summed E-state index contributed by atoms with van der Waals surface area (Å²) in [5.74, 6) is 0.785. The highest BCUT2D eigenvalue weighted by Crippen LogP contribution is 2.65. The molecule has 19 heavy (non-hydrogen) atoms. The van der Waals surface area contributed by atoms with Crippen molar-refractivity contribution in [2.24, 2.45) is 5.92 Å². The lowest BCUT2D eigenvalue weighted by molar-refractivity contribution is 0.371. The molecule has 0 radical (unpaired) electrons. The predicted molar refractivity (Wildman–Crippen MR) is 86.7 cm³/mol. The van der Waals surface area contributed by atoms with E-state index in [0.717, 1.165) is 5.92 Å². The van der Waals surface area contributed by atoms with E-state index in [9.17, 15) is 0 Å². The van der Waals surface area contributed by atoms with Crippen molar-refractivity contribution in [2.75, 3.05) is 0 Å². The summed E-state index contributed by atoms with van der Waals surface area (Å²) < 4.78 is 0. The number of fused-ring (bicyclic) bond motifs is 1. The van der Waals surface area contributed by atoms with Crippen LogP contribution in [0.3, 0.4) is 0 Å². The summed E-state index contributed by atoms with van der Waals surface area (Å²) in [5.41, 5.74) is 3.62. The van der Waals surface area contributed by atoms with E-state index in [1.165, 1.54) is 29.5 Å². The molecule has 1 aromatic rings. The van der Waals surface area contributed by atoms with Crippen LogP contribution in [-0.2, 0) is 5.41 Å². The summed E-state index contributed by atoms with van der Waals surface area (Å²) in [6, 6.07) is 11.2. The van der Waals surface area contributed by atoms with Crippen LogP contribution in [0.15, 0.2) is 54.1 Å². The summed E-state index contributed by atoms with van der Waals surface area (Å²) in [5, 5.41) is 0.434. The third-order valence-electron chi connectivity index (χ3n) is 5.90. The van der Waals surface area contributed by atoms with Gasteiger partial charge in [0.1, 0.15) is 0 Å². The van der Waals surface area contributed by atoms with Crippen molar-refractivity contribution < 1.29 is 0 Å². The highest BCUT2D eigenvalue weighted by atomic mass is 28.1. The Bertz CT molecular complexity index is 528. The molecule has 0 saturated heterocycles. The molecule has 0 nitrogen and oxygen atoms in total. The van der Waals surface area contributed by atoms with Gasteiger partial charge in [0.25, 0.3) is 0 Å². The summed E-state index contributed by atoms with van der Waals surface area (Å²) in [6.07, 6.45) is 10.9. The summed E-state index contributed by atoms with van der Waals surface area (Å²) in [6.45, 7) is 4.90. The van der Waals surface area contributed by atoms with Gasteiger partial charge in [-0.1, -0.05) is 68.0 Å². The highest BCUT2D eigenvalue weighted by Gasteiger charge is 2.54. The van der Waals surface area contributed by atoms with Crippen molar-refractivity contribution in [1.29, 1.82) is 0 Å². The molecule has 0 amide bonds. The lowest BCUT2D eigenvalue weighted by Gasteiger charge is -2.42. The van der Waals surface area contributed by atoms with Crippen LogP contribution in [0.5, 0.6) is 0 Å². The monoisotopic (exact) mass is 268 g/mol. The number of benzene rings is 1. The van der Waals surface area contributed by atoms with Gasteiger partial charge in [-0.3, -0.25) is 0 Å². The first kappa shape index (κ1) is 12.9. The summed E-state index contributed by atoms with van der Waals surface area (Å²) >= 11 is 0. The van der Waals surface area contributed by atoms with Crippen molar-refractivity contribution in [3.63, 3.8) is 0 Å². The zero-order valence-corrected chi connectivity index (χ0v) is 14.3. The van der Waals surface area contributed by atoms with Crippen LogP contribution in [0.2, 0.25) is 5.04 Å². The molecule has 1 aromatic carbocycles.